The van der Waals surface area contributed by atoms with E-state index in [9.17, 15) is 4.79 Å². The molecule has 0 aromatic rings. The molecule has 0 saturated heterocycles. The molecule has 0 aromatic carbocycles. The van der Waals surface area contributed by atoms with Gasteiger partial charge in [-0.05, 0) is 25.9 Å². The summed E-state index contributed by atoms with van der Waals surface area (Å²) in [7, 11) is 0. The van der Waals surface area contributed by atoms with Gasteiger partial charge in [0.15, 0.2) is 0 Å². The Bertz CT molecular complexity index is 279. The first-order valence-electron chi connectivity index (χ1n) is 11.2. The van der Waals surface area contributed by atoms with Crippen LogP contribution in [0.4, 0.5) is 0 Å². The van der Waals surface area contributed by atoms with Crippen LogP contribution in [0.1, 0.15) is 104 Å². The molecule has 0 aliphatic rings. The lowest BCUT2D eigenvalue weighted by molar-refractivity contribution is -0.146. The Labute approximate surface area is 162 Å². The van der Waals surface area contributed by atoms with Crippen molar-refractivity contribution in [2.24, 2.45) is 0 Å². The second kappa shape index (κ2) is 20.7. The Morgan fingerprint density at radius 2 is 1.15 bits per heavy atom. The maximum atomic E-state index is 11.9. The summed E-state index contributed by atoms with van der Waals surface area (Å²) in [5, 5.41) is 8.78. The fourth-order valence-electron chi connectivity index (χ4n) is 3.24. The second-order valence-electron chi connectivity index (χ2n) is 7.46. The van der Waals surface area contributed by atoms with E-state index in [2.05, 4.69) is 18.7 Å². The minimum atomic E-state index is -0.204. The molecule has 0 radical (unpaired) electrons. The first-order valence-corrected chi connectivity index (χ1v) is 11.2. The number of nitrogens with zero attached hydrogens (tertiary/aromatic N) is 1. The highest BCUT2D eigenvalue weighted by Crippen LogP contribution is 2.10. The minimum absolute atomic E-state index is 0.0960. The molecular weight excluding hydrogens is 326 g/mol. The van der Waals surface area contributed by atoms with Gasteiger partial charge in [-0.15, -0.1) is 0 Å². The van der Waals surface area contributed by atoms with Gasteiger partial charge in [-0.25, -0.2) is 0 Å². The van der Waals surface area contributed by atoms with Gasteiger partial charge in [0.05, 0.1) is 13.2 Å². The summed E-state index contributed by atoms with van der Waals surface area (Å²) in [5.74, 6) is -0.204. The smallest absolute Gasteiger partial charge is 0.320 e. The standard InChI is InChI=1S/C22H45NO3/c1-3-5-7-9-11-13-15-17-23(21-22(25)26-20-19-24)18-16-14-12-10-8-6-4-2/h24H,3-21H2,1-2H3. The Kier molecular flexibility index (Phi) is 20.2. The Hall–Kier alpha value is -0.610. The molecule has 0 fully saturated rings. The first-order chi connectivity index (χ1) is 12.7. The van der Waals surface area contributed by atoms with E-state index in [1.165, 1.54) is 77.0 Å². The zero-order valence-corrected chi connectivity index (χ0v) is 17.6. The molecule has 26 heavy (non-hydrogen) atoms. The van der Waals surface area contributed by atoms with Crippen molar-refractivity contribution in [2.45, 2.75) is 104 Å². The molecule has 4 heteroatoms. The van der Waals surface area contributed by atoms with Crippen molar-refractivity contribution in [1.29, 1.82) is 0 Å². The van der Waals surface area contributed by atoms with Gasteiger partial charge in [0, 0.05) is 0 Å². The number of esters is 1. The van der Waals surface area contributed by atoms with Gasteiger partial charge in [-0.3, -0.25) is 9.69 Å². The second-order valence-corrected chi connectivity index (χ2v) is 7.46. The molecule has 0 aromatic heterocycles. The third kappa shape index (κ3) is 18.2. The quantitative estimate of drug-likeness (QED) is 0.232. The predicted octanol–water partition coefficient (Wildman–Crippen LogP) is 5.33. The lowest BCUT2D eigenvalue weighted by Gasteiger charge is -2.21. The summed E-state index contributed by atoms with van der Waals surface area (Å²) >= 11 is 0. The molecule has 0 amide bonds. The fraction of sp³-hybridized carbons (Fsp3) is 0.955. The Morgan fingerprint density at radius 1 is 0.731 bits per heavy atom. The molecular formula is C22H45NO3. The number of carbonyl (C=O) groups is 1. The van der Waals surface area contributed by atoms with E-state index in [0.717, 1.165) is 25.9 Å². The van der Waals surface area contributed by atoms with Gasteiger partial charge in [0.1, 0.15) is 6.61 Å². The van der Waals surface area contributed by atoms with E-state index in [1.807, 2.05) is 0 Å². The number of unbranched alkanes of at least 4 members (excludes halogenated alkanes) is 12. The van der Waals surface area contributed by atoms with Gasteiger partial charge in [0.25, 0.3) is 0 Å². The van der Waals surface area contributed by atoms with Gasteiger partial charge in [-0.1, -0.05) is 90.9 Å². The molecule has 0 aliphatic heterocycles. The van der Waals surface area contributed by atoms with Gasteiger partial charge < -0.3 is 9.84 Å². The van der Waals surface area contributed by atoms with Crippen molar-refractivity contribution < 1.29 is 14.6 Å². The van der Waals surface area contributed by atoms with Crippen molar-refractivity contribution in [2.75, 3.05) is 32.8 Å². The largest absolute Gasteiger partial charge is 0.462 e. The van der Waals surface area contributed by atoms with Crippen LogP contribution in [0.3, 0.4) is 0 Å². The molecule has 0 spiro atoms. The number of carbonyl (C=O) groups excluding carboxylic acids is 1. The topological polar surface area (TPSA) is 49.8 Å². The average Bonchev–Trinajstić information content (AvgIpc) is 2.64. The molecule has 0 aliphatic carbocycles. The van der Waals surface area contributed by atoms with Crippen molar-refractivity contribution in [3.63, 3.8) is 0 Å². The molecule has 4 nitrogen and oxygen atoms in total. The molecule has 0 rings (SSSR count). The third-order valence-corrected chi connectivity index (χ3v) is 4.86. The third-order valence-electron chi connectivity index (χ3n) is 4.86. The van der Waals surface area contributed by atoms with Crippen LogP contribution >= 0.6 is 0 Å². The highest BCUT2D eigenvalue weighted by atomic mass is 16.5. The van der Waals surface area contributed by atoms with Crippen molar-refractivity contribution in [1.82, 2.24) is 4.90 Å². The number of aliphatic hydroxyl groups excluding tert-OH is 1. The van der Waals surface area contributed by atoms with Crippen LogP contribution < -0.4 is 0 Å². The van der Waals surface area contributed by atoms with E-state index in [-0.39, 0.29) is 19.2 Å². The molecule has 1 N–H and O–H groups in total. The molecule has 0 atom stereocenters. The van der Waals surface area contributed by atoms with Gasteiger partial charge >= 0.3 is 5.97 Å². The molecule has 156 valence electrons. The van der Waals surface area contributed by atoms with Crippen molar-refractivity contribution >= 4 is 5.97 Å². The zero-order chi connectivity index (χ0) is 19.3. The Balaban J connectivity index is 3.91. The van der Waals surface area contributed by atoms with Crippen LogP contribution in [0.25, 0.3) is 0 Å². The summed E-state index contributed by atoms with van der Waals surface area (Å²) < 4.78 is 5.03. The highest BCUT2D eigenvalue weighted by Gasteiger charge is 2.11. The first kappa shape index (κ1) is 25.4. The monoisotopic (exact) mass is 371 g/mol. The van der Waals surface area contributed by atoms with Crippen molar-refractivity contribution in [3.8, 4) is 0 Å². The summed E-state index contributed by atoms with van der Waals surface area (Å²) in [4.78, 5) is 14.1. The van der Waals surface area contributed by atoms with Crippen LogP contribution in [0.5, 0.6) is 0 Å². The van der Waals surface area contributed by atoms with Crippen molar-refractivity contribution in [3.05, 3.63) is 0 Å². The van der Waals surface area contributed by atoms with E-state index >= 15 is 0 Å². The van der Waals surface area contributed by atoms with Crippen LogP contribution in [-0.4, -0.2) is 48.8 Å². The molecule has 0 unspecified atom stereocenters. The molecule has 0 bridgehead atoms. The zero-order valence-electron chi connectivity index (χ0n) is 17.6. The van der Waals surface area contributed by atoms with E-state index in [4.69, 9.17) is 9.84 Å². The van der Waals surface area contributed by atoms with Crippen LogP contribution in [-0.2, 0) is 9.53 Å². The summed E-state index contributed by atoms with van der Waals surface area (Å²) in [5.41, 5.74) is 0. The van der Waals surface area contributed by atoms with E-state index in [1.54, 1.807) is 0 Å². The van der Waals surface area contributed by atoms with Gasteiger partial charge in [-0.2, -0.15) is 0 Å². The average molecular weight is 372 g/mol. The minimum Gasteiger partial charge on any atom is -0.462 e. The number of rotatable bonds is 20. The van der Waals surface area contributed by atoms with Crippen LogP contribution in [0.2, 0.25) is 0 Å². The predicted molar refractivity (Wildman–Crippen MR) is 110 cm³/mol. The maximum Gasteiger partial charge on any atom is 0.320 e. The number of hydrogen-bond acceptors (Lipinski definition) is 4. The summed E-state index contributed by atoms with van der Waals surface area (Å²) in [6.45, 7) is 6.85. The molecule has 0 saturated carbocycles. The SMILES string of the molecule is CCCCCCCCCN(CCCCCCCCC)CC(=O)OCCO. The fourth-order valence-corrected chi connectivity index (χ4v) is 3.24. The van der Waals surface area contributed by atoms with Gasteiger partial charge in [0.2, 0.25) is 0 Å². The summed E-state index contributed by atoms with van der Waals surface area (Å²) in [6, 6.07) is 0. The normalized spacial score (nSPS) is 11.2. The maximum absolute atomic E-state index is 11.9. The number of hydrogen-bond donors (Lipinski definition) is 1. The van der Waals surface area contributed by atoms with E-state index < -0.39 is 0 Å². The lowest BCUT2D eigenvalue weighted by Crippen LogP contribution is -2.33. The number of ether oxygens (including phenoxy) is 1. The van der Waals surface area contributed by atoms with E-state index in [0.29, 0.717) is 6.54 Å². The number of aliphatic hydroxyl groups is 1. The van der Waals surface area contributed by atoms with Crippen LogP contribution in [0, 0.1) is 0 Å². The summed E-state index contributed by atoms with van der Waals surface area (Å²) in [6.07, 6.45) is 18.1. The lowest BCUT2D eigenvalue weighted by atomic mass is 10.1. The highest BCUT2D eigenvalue weighted by molar-refractivity contribution is 5.71. The van der Waals surface area contributed by atoms with Crippen LogP contribution in [0.15, 0.2) is 0 Å². The molecule has 0 heterocycles. The Morgan fingerprint density at radius 3 is 1.58 bits per heavy atom.